The predicted octanol–water partition coefficient (Wildman–Crippen LogP) is 15.5. The van der Waals surface area contributed by atoms with Crippen molar-refractivity contribution in [1.82, 2.24) is 0 Å². The van der Waals surface area contributed by atoms with Crippen LogP contribution in [0.5, 0.6) is 0 Å². The quantitative estimate of drug-likeness (QED) is 0.0205. The van der Waals surface area contributed by atoms with Crippen molar-refractivity contribution in [3.63, 3.8) is 0 Å². The summed E-state index contributed by atoms with van der Waals surface area (Å²) in [7, 11) is -2.19. The van der Waals surface area contributed by atoms with Crippen LogP contribution in [-0.2, 0) is 13.6 Å². The molecule has 5 heteroatoms. The number of hydrogen-bond acceptors (Lipinski definition) is 3. The van der Waals surface area contributed by atoms with Crippen molar-refractivity contribution >= 4 is 24.5 Å². The van der Waals surface area contributed by atoms with Crippen LogP contribution in [0.2, 0.25) is 13.1 Å². The van der Waals surface area contributed by atoms with Gasteiger partial charge in [-0.2, -0.15) is 0 Å². The number of halogens is 1. The highest BCUT2D eigenvalue weighted by molar-refractivity contribution is 9.09. The summed E-state index contributed by atoms with van der Waals surface area (Å²) in [4.78, 5) is 0. The van der Waals surface area contributed by atoms with E-state index < -0.39 is 8.56 Å². The van der Waals surface area contributed by atoms with E-state index in [0.717, 1.165) is 37.8 Å². The molecule has 0 fully saturated rings. The van der Waals surface area contributed by atoms with E-state index in [4.69, 9.17) is 13.6 Å². The molecule has 0 aromatic heterocycles. The summed E-state index contributed by atoms with van der Waals surface area (Å²) in [6.45, 7) is 10.6. The second kappa shape index (κ2) is 39.1. The summed E-state index contributed by atoms with van der Waals surface area (Å²) in [5.41, 5.74) is 0. The standard InChI is InChI=1S/C42H85BrO3Si/c1-5-7-9-11-13-15-17-19-20-21-23-25-27-29-32-36-40-44-42(46-47(3,4)45-41-37-33-31-35-39-43)38-34-30-28-26-24-22-18-16-14-12-10-8-6-2/h19-20,42H,5-18,21-41H2,1-4H3/b20-19-. The molecule has 47 heavy (non-hydrogen) atoms. The van der Waals surface area contributed by atoms with Crippen LogP contribution in [0, 0.1) is 0 Å². The molecule has 0 saturated heterocycles. The maximum atomic E-state index is 6.58. The highest BCUT2D eigenvalue weighted by Gasteiger charge is 2.29. The van der Waals surface area contributed by atoms with E-state index in [2.05, 4.69) is 55.0 Å². The fourth-order valence-corrected chi connectivity index (χ4v) is 8.21. The van der Waals surface area contributed by atoms with E-state index in [1.807, 2.05) is 0 Å². The molecule has 0 radical (unpaired) electrons. The molecule has 0 aliphatic carbocycles. The largest absolute Gasteiger partial charge is 0.394 e. The van der Waals surface area contributed by atoms with E-state index >= 15 is 0 Å². The zero-order chi connectivity index (χ0) is 34.4. The minimum atomic E-state index is -2.19. The summed E-state index contributed by atoms with van der Waals surface area (Å²) in [6, 6.07) is 0. The summed E-state index contributed by atoms with van der Waals surface area (Å²) in [5.74, 6) is 0. The predicted molar refractivity (Wildman–Crippen MR) is 216 cm³/mol. The van der Waals surface area contributed by atoms with Crippen molar-refractivity contribution in [1.29, 1.82) is 0 Å². The smallest absolute Gasteiger partial charge is 0.333 e. The molecule has 0 saturated carbocycles. The monoisotopic (exact) mass is 745 g/mol. The Morgan fingerprint density at radius 1 is 0.468 bits per heavy atom. The third-order valence-corrected chi connectivity index (χ3v) is 11.7. The van der Waals surface area contributed by atoms with Gasteiger partial charge < -0.3 is 13.6 Å². The topological polar surface area (TPSA) is 27.7 Å². The van der Waals surface area contributed by atoms with Crippen LogP contribution >= 0.6 is 15.9 Å². The van der Waals surface area contributed by atoms with Gasteiger partial charge in [0.1, 0.15) is 6.29 Å². The lowest BCUT2D eigenvalue weighted by Crippen LogP contribution is -2.40. The Morgan fingerprint density at radius 2 is 0.851 bits per heavy atom. The summed E-state index contributed by atoms with van der Waals surface area (Å²) in [5, 5.41) is 1.10. The van der Waals surface area contributed by atoms with Gasteiger partial charge in [0.25, 0.3) is 0 Å². The third kappa shape index (κ3) is 39.0. The lowest BCUT2D eigenvalue weighted by molar-refractivity contribution is -0.104. The minimum Gasteiger partial charge on any atom is -0.394 e. The first-order chi connectivity index (χ1) is 23.1. The van der Waals surface area contributed by atoms with Gasteiger partial charge in [-0.25, -0.2) is 0 Å². The molecule has 0 heterocycles. The van der Waals surface area contributed by atoms with Gasteiger partial charge >= 0.3 is 8.56 Å². The molecular formula is C42H85BrO3Si. The van der Waals surface area contributed by atoms with Gasteiger partial charge in [-0.3, -0.25) is 0 Å². The fourth-order valence-electron chi connectivity index (χ4n) is 6.29. The first-order valence-corrected chi connectivity index (χ1v) is 25.1. The molecule has 0 aromatic rings. The van der Waals surface area contributed by atoms with Crippen molar-refractivity contribution in [2.75, 3.05) is 18.5 Å². The summed E-state index contributed by atoms with van der Waals surface area (Å²) >= 11 is 3.53. The molecular weight excluding hydrogens is 660 g/mol. The number of ether oxygens (including phenoxy) is 1. The third-order valence-electron chi connectivity index (χ3n) is 9.40. The normalized spacial score (nSPS) is 12.9. The van der Waals surface area contributed by atoms with E-state index in [0.29, 0.717) is 0 Å². The van der Waals surface area contributed by atoms with Crippen LogP contribution in [0.15, 0.2) is 12.2 Å². The zero-order valence-corrected chi connectivity index (χ0v) is 35.2. The highest BCUT2D eigenvalue weighted by atomic mass is 79.9. The molecule has 0 bridgehead atoms. The molecule has 0 N–H and O–H groups in total. The summed E-state index contributed by atoms with van der Waals surface area (Å²) in [6.07, 6.45) is 47.4. The molecule has 0 aliphatic heterocycles. The molecule has 0 aliphatic rings. The summed E-state index contributed by atoms with van der Waals surface area (Å²) < 4.78 is 19.3. The Balaban J connectivity index is 4.10. The maximum absolute atomic E-state index is 6.58. The van der Waals surface area contributed by atoms with Crippen molar-refractivity contribution in [3.8, 4) is 0 Å². The minimum absolute atomic E-state index is 0.0964. The Bertz CT molecular complexity index is 615. The number of allylic oxidation sites excluding steroid dienone is 2. The van der Waals surface area contributed by atoms with Crippen molar-refractivity contribution in [2.24, 2.45) is 0 Å². The molecule has 0 aromatic carbocycles. The lowest BCUT2D eigenvalue weighted by atomic mass is 10.0. The molecule has 282 valence electrons. The molecule has 0 spiro atoms. The number of unbranched alkanes of at least 4 members (excludes halogenated alkanes) is 27. The maximum Gasteiger partial charge on any atom is 0.333 e. The van der Waals surface area contributed by atoms with Crippen molar-refractivity contribution in [2.45, 2.75) is 239 Å². The van der Waals surface area contributed by atoms with Crippen LogP contribution in [0.4, 0.5) is 0 Å². The van der Waals surface area contributed by atoms with E-state index in [1.54, 1.807) is 0 Å². The van der Waals surface area contributed by atoms with Crippen LogP contribution < -0.4 is 0 Å². The van der Waals surface area contributed by atoms with E-state index in [9.17, 15) is 0 Å². The molecule has 3 nitrogen and oxygen atoms in total. The van der Waals surface area contributed by atoms with Crippen LogP contribution in [0.3, 0.4) is 0 Å². The first kappa shape index (κ1) is 47.3. The van der Waals surface area contributed by atoms with Crippen molar-refractivity contribution < 1.29 is 13.6 Å². The number of hydrogen-bond donors (Lipinski definition) is 0. The van der Waals surface area contributed by atoms with Gasteiger partial charge in [-0.05, 0) is 70.9 Å². The van der Waals surface area contributed by atoms with Gasteiger partial charge in [0, 0.05) is 18.5 Å². The Morgan fingerprint density at radius 3 is 1.32 bits per heavy atom. The van der Waals surface area contributed by atoms with E-state index in [-0.39, 0.29) is 6.29 Å². The molecule has 0 rings (SSSR count). The van der Waals surface area contributed by atoms with Gasteiger partial charge in [0.15, 0.2) is 0 Å². The van der Waals surface area contributed by atoms with Gasteiger partial charge in [-0.1, -0.05) is 190 Å². The molecule has 1 atom stereocenters. The van der Waals surface area contributed by atoms with Gasteiger partial charge in [0.2, 0.25) is 0 Å². The highest BCUT2D eigenvalue weighted by Crippen LogP contribution is 2.19. The fraction of sp³-hybridized carbons (Fsp3) is 0.952. The number of alkyl halides is 1. The van der Waals surface area contributed by atoms with Crippen LogP contribution in [-0.4, -0.2) is 33.4 Å². The lowest BCUT2D eigenvalue weighted by Gasteiger charge is -2.29. The Hall–Kier alpha value is 0.317. The first-order valence-electron chi connectivity index (χ1n) is 21.2. The average Bonchev–Trinajstić information content (AvgIpc) is 3.06. The van der Waals surface area contributed by atoms with Gasteiger partial charge in [-0.15, -0.1) is 0 Å². The Labute approximate surface area is 306 Å². The Kier molecular flexibility index (Phi) is 39.4. The zero-order valence-electron chi connectivity index (χ0n) is 32.6. The van der Waals surface area contributed by atoms with Crippen LogP contribution in [0.25, 0.3) is 0 Å². The number of rotatable bonds is 40. The second-order valence-electron chi connectivity index (χ2n) is 14.7. The molecule has 0 amide bonds. The van der Waals surface area contributed by atoms with Crippen LogP contribution in [0.1, 0.15) is 219 Å². The van der Waals surface area contributed by atoms with E-state index in [1.165, 1.54) is 186 Å². The average molecular weight is 746 g/mol. The SMILES string of the molecule is CCCCCCCC/C=C\CCCCCCCCOC(CCCCCCCCCCCCCCC)O[Si](C)(C)OCCCCCCBr. The van der Waals surface area contributed by atoms with Gasteiger partial charge in [0.05, 0.1) is 0 Å². The second-order valence-corrected chi connectivity index (χ2v) is 18.9. The molecule has 1 unspecified atom stereocenters. The van der Waals surface area contributed by atoms with Crippen molar-refractivity contribution in [3.05, 3.63) is 12.2 Å².